The normalized spacial score (nSPS) is 14.2. The molecule has 0 saturated heterocycles. The molecule has 0 aliphatic carbocycles. The van der Waals surface area contributed by atoms with Crippen LogP contribution >= 0.6 is 11.6 Å². The number of hydrogen-bond acceptors (Lipinski definition) is 2. The summed E-state index contributed by atoms with van der Waals surface area (Å²) in [6.45, 7) is 5.86. The van der Waals surface area contributed by atoms with Gasteiger partial charge in [0.2, 0.25) is 0 Å². The second-order valence-corrected chi connectivity index (χ2v) is 5.64. The average molecular weight is 276 g/mol. The molecule has 3 heteroatoms. The first kappa shape index (κ1) is 14.0. The highest BCUT2D eigenvalue weighted by Gasteiger charge is 2.26. The predicted molar refractivity (Wildman–Crippen MR) is 78.4 cm³/mol. The quantitative estimate of drug-likeness (QED) is 0.924. The van der Waals surface area contributed by atoms with E-state index in [1.807, 2.05) is 45.0 Å². The fourth-order valence-electron chi connectivity index (χ4n) is 2.33. The number of pyridine rings is 1. The maximum Gasteiger partial charge on any atom is 0.0911 e. The Morgan fingerprint density at radius 1 is 1.26 bits per heavy atom. The Kier molecular flexibility index (Phi) is 3.93. The number of hydrogen-bond donors (Lipinski definition) is 1. The van der Waals surface area contributed by atoms with Crippen molar-refractivity contribution in [3.63, 3.8) is 0 Å². The van der Waals surface area contributed by atoms with Crippen LogP contribution in [0.3, 0.4) is 0 Å². The molecule has 1 aromatic carbocycles. The molecular formula is C16H18ClNO. The molecule has 2 rings (SSSR count). The van der Waals surface area contributed by atoms with E-state index in [2.05, 4.69) is 4.98 Å². The van der Waals surface area contributed by atoms with Crippen LogP contribution in [0.4, 0.5) is 0 Å². The monoisotopic (exact) mass is 275 g/mol. The van der Waals surface area contributed by atoms with Gasteiger partial charge in [0, 0.05) is 18.8 Å². The standard InChI is InChI=1S/C16H18ClNO/c1-11-4-5-12(2)14(8-11)16(3,19)9-13-6-7-18-10-15(13)17/h4-8,10,19H,9H2,1-3H3. The van der Waals surface area contributed by atoms with Crippen molar-refractivity contribution in [3.05, 3.63) is 63.9 Å². The molecule has 1 aromatic heterocycles. The largest absolute Gasteiger partial charge is 0.385 e. The van der Waals surface area contributed by atoms with E-state index in [0.717, 1.165) is 22.3 Å². The molecule has 1 heterocycles. The molecule has 1 unspecified atom stereocenters. The van der Waals surface area contributed by atoms with Gasteiger partial charge in [0.1, 0.15) is 0 Å². The lowest BCUT2D eigenvalue weighted by atomic mass is 9.86. The second kappa shape index (κ2) is 5.32. The first-order valence-electron chi connectivity index (χ1n) is 6.28. The van der Waals surface area contributed by atoms with E-state index in [4.69, 9.17) is 11.6 Å². The van der Waals surface area contributed by atoms with Gasteiger partial charge >= 0.3 is 0 Å². The number of nitrogens with zero attached hydrogens (tertiary/aromatic N) is 1. The van der Waals surface area contributed by atoms with E-state index >= 15 is 0 Å². The Balaban J connectivity index is 2.37. The van der Waals surface area contributed by atoms with Gasteiger partial charge in [-0.05, 0) is 43.5 Å². The maximum atomic E-state index is 10.8. The Morgan fingerprint density at radius 2 is 2.00 bits per heavy atom. The van der Waals surface area contributed by atoms with Crippen molar-refractivity contribution in [1.82, 2.24) is 4.98 Å². The fourth-order valence-corrected chi connectivity index (χ4v) is 2.52. The summed E-state index contributed by atoms with van der Waals surface area (Å²) in [5.74, 6) is 0. The minimum atomic E-state index is -0.943. The van der Waals surface area contributed by atoms with Crippen LogP contribution in [0, 0.1) is 13.8 Å². The van der Waals surface area contributed by atoms with Gasteiger partial charge in [-0.25, -0.2) is 0 Å². The predicted octanol–water partition coefficient (Wildman–Crippen LogP) is 3.80. The van der Waals surface area contributed by atoms with Crippen molar-refractivity contribution < 1.29 is 5.11 Å². The van der Waals surface area contributed by atoms with E-state index in [1.165, 1.54) is 0 Å². The minimum absolute atomic E-state index is 0.471. The zero-order chi connectivity index (χ0) is 14.0. The summed E-state index contributed by atoms with van der Waals surface area (Å²) in [4.78, 5) is 3.97. The third-order valence-corrected chi connectivity index (χ3v) is 3.70. The minimum Gasteiger partial charge on any atom is -0.385 e. The lowest BCUT2D eigenvalue weighted by molar-refractivity contribution is 0.0569. The van der Waals surface area contributed by atoms with Gasteiger partial charge in [0.25, 0.3) is 0 Å². The first-order chi connectivity index (χ1) is 8.90. The van der Waals surface area contributed by atoms with Gasteiger partial charge in [-0.2, -0.15) is 0 Å². The van der Waals surface area contributed by atoms with E-state index in [0.29, 0.717) is 11.4 Å². The van der Waals surface area contributed by atoms with Crippen LogP contribution in [0.25, 0.3) is 0 Å². The molecule has 0 saturated carbocycles. The van der Waals surface area contributed by atoms with E-state index in [9.17, 15) is 5.11 Å². The lowest BCUT2D eigenvalue weighted by Crippen LogP contribution is -2.25. The van der Waals surface area contributed by atoms with Crippen LogP contribution in [0.5, 0.6) is 0 Å². The van der Waals surface area contributed by atoms with Crippen molar-refractivity contribution in [2.24, 2.45) is 0 Å². The fraction of sp³-hybridized carbons (Fsp3) is 0.312. The van der Waals surface area contributed by atoms with Crippen LogP contribution in [0.1, 0.15) is 29.2 Å². The summed E-state index contributed by atoms with van der Waals surface area (Å²) in [5, 5.41) is 11.4. The molecular weight excluding hydrogens is 258 g/mol. The average Bonchev–Trinajstić information content (AvgIpc) is 2.35. The van der Waals surface area contributed by atoms with Crippen LogP contribution in [-0.4, -0.2) is 10.1 Å². The summed E-state index contributed by atoms with van der Waals surface area (Å²) in [6.07, 6.45) is 3.77. The summed E-state index contributed by atoms with van der Waals surface area (Å²) < 4.78 is 0. The number of aromatic nitrogens is 1. The lowest BCUT2D eigenvalue weighted by Gasteiger charge is -2.26. The topological polar surface area (TPSA) is 33.1 Å². The second-order valence-electron chi connectivity index (χ2n) is 5.24. The maximum absolute atomic E-state index is 10.8. The van der Waals surface area contributed by atoms with Crippen molar-refractivity contribution in [2.45, 2.75) is 32.8 Å². The molecule has 0 radical (unpaired) electrons. The molecule has 0 aliphatic heterocycles. The van der Waals surface area contributed by atoms with Gasteiger partial charge in [-0.3, -0.25) is 4.98 Å². The smallest absolute Gasteiger partial charge is 0.0911 e. The van der Waals surface area contributed by atoms with Crippen LogP contribution in [0.15, 0.2) is 36.7 Å². The SMILES string of the molecule is Cc1ccc(C)c(C(C)(O)Cc2ccncc2Cl)c1. The van der Waals surface area contributed by atoms with E-state index in [-0.39, 0.29) is 0 Å². The molecule has 0 fully saturated rings. The van der Waals surface area contributed by atoms with Gasteiger partial charge in [-0.1, -0.05) is 35.4 Å². The molecule has 1 atom stereocenters. The van der Waals surface area contributed by atoms with Crippen molar-refractivity contribution in [3.8, 4) is 0 Å². The molecule has 100 valence electrons. The molecule has 19 heavy (non-hydrogen) atoms. The zero-order valence-electron chi connectivity index (χ0n) is 11.4. The summed E-state index contributed by atoms with van der Waals surface area (Å²) in [6, 6.07) is 7.97. The van der Waals surface area contributed by atoms with Crippen LogP contribution in [-0.2, 0) is 12.0 Å². The highest BCUT2D eigenvalue weighted by molar-refractivity contribution is 6.31. The van der Waals surface area contributed by atoms with Gasteiger partial charge in [0.05, 0.1) is 10.6 Å². The Hall–Kier alpha value is -1.38. The van der Waals surface area contributed by atoms with Gasteiger partial charge in [-0.15, -0.1) is 0 Å². The van der Waals surface area contributed by atoms with Crippen molar-refractivity contribution >= 4 is 11.6 Å². The molecule has 2 nitrogen and oxygen atoms in total. The molecule has 0 bridgehead atoms. The van der Waals surface area contributed by atoms with Crippen molar-refractivity contribution in [2.75, 3.05) is 0 Å². The summed E-state index contributed by atoms with van der Waals surface area (Å²) in [5.41, 5.74) is 3.13. The highest BCUT2D eigenvalue weighted by atomic mass is 35.5. The molecule has 0 amide bonds. The van der Waals surface area contributed by atoms with E-state index < -0.39 is 5.60 Å². The number of halogens is 1. The third kappa shape index (κ3) is 3.14. The molecule has 2 aromatic rings. The van der Waals surface area contributed by atoms with Crippen LogP contribution in [0.2, 0.25) is 5.02 Å². The summed E-state index contributed by atoms with van der Waals surface area (Å²) >= 11 is 6.12. The number of aryl methyl sites for hydroxylation is 2. The van der Waals surface area contributed by atoms with Gasteiger partial charge < -0.3 is 5.11 Å². The van der Waals surface area contributed by atoms with E-state index in [1.54, 1.807) is 12.4 Å². The number of rotatable bonds is 3. The Morgan fingerprint density at radius 3 is 2.68 bits per heavy atom. The third-order valence-electron chi connectivity index (χ3n) is 3.36. The van der Waals surface area contributed by atoms with Gasteiger partial charge in [0.15, 0.2) is 0 Å². The van der Waals surface area contributed by atoms with Crippen LogP contribution < -0.4 is 0 Å². The number of aliphatic hydroxyl groups is 1. The number of benzene rings is 1. The Labute approximate surface area is 119 Å². The molecule has 1 N–H and O–H groups in total. The Bertz CT molecular complexity index is 593. The highest BCUT2D eigenvalue weighted by Crippen LogP contribution is 2.30. The van der Waals surface area contributed by atoms with Crippen molar-refractivity contribution in [1.29, 1.82) is 0 Å². The molecule has 0 spiro atoms. The zero-order valence-corrected chi connectivity index (χ0v) is 12.2. The summed E-state index contributed by atoms with van der Waals surface area (Å²) in [7, 11) is 0. The first-order valence-corrected chi connectivity index (χ1v) is 6.66. The molecule has 0 aliphatic rings.